The first kappa shape index (κ1) is 17.0. The monoisotopic (exact) mass is 369 g/mol. The van der Waals surface area contributed by atoms with Crippen LogP contribution in [-0.2, 0) is 14.4 Å². The van der Waals surface area contributed by atoms with Gasteiger partial charge in [0.15, 0.2) is 0 Å². The highest BCUT2D eigenvalue weighted by Gasteiger charge is 2.39. The van der Waals surface area contributed by atoms with Gasteiger partial charge in [0, 0.05) is 39.1 Å². The summed E-state index contributed by atoms with van der Waals surface area (Å²) >= 11 is 12.3. The maximum absolute atomic E-state index is 12.7. The number of hydrogen-bond donors (Lipinski definition) is 0. The maximum Gasteiger partial charge on any atom is 0.228 e. The fraction of sp³-hybridized carbons (Fsp3) is 0.438. The molecule has 2 heterocycles. The van der Waals surface area contributed by atoms with Gasteiger partial charge in [-0.05, 0) is 12.1 Å². The molecule has 6 nitrogen and oxygen atoms in total. The van der Waals surface area contributed by atoms with E-state index in [-0.39, 0.29) is 24.8 Å². The number of carbonyl (C=O) groups excluding carboxylic acids is 3. The minimum absolute atomic E-state index is 0.0559. The molecule has 24 heavy (non-hydrogen) atoms. The molecule has 2 aliphatic heterocycles. The molecule has 0 saturated carbocycles. The van der Waals surface area contributed by atoms with Gasteiger partial charge in [-0.3, -0.25) is 14.4 Å². The molecule has 0 bridgehead atoms. The quantitative estimate of drug-likeness (QED) is 0.761. The van der Waals surface area contributed by atoms with E-state index in [1.807, 2.05) is 0 Å². The van der Waals surface area contributed by atoms with Crippen LogP contribution in [0.5, 0.6) is 0 Å². The van der Waals surface area contributed by atoms with Crippen molar-refractivity contribution in [1.82, 2.24) is 9.80 Å². The third kappa shape index (κ3) is 3.21. The van der Waals surface area contributed by atoms with Gasteiger partial charge in [0.2, 0.25) is 18.2 Å². The fourth-order valence-corrected chi connectivity index (χ4v) is 3.74. The van der Waals surface area contributed by atoms with Gasteiger partial charge in [-0.1, -0.05) is 29.3 Å². The Morgan fingerprint density at radius 2 is 1.75 bits per heavy atom. The van der Waals surface area contributed by atoms with E-state index in [1.165, 1.54) is 4.90 Å². The van der Waals surface area contributed by atoms with Crippen LogP contribution in [0, 0.1) is 5.92 Å². The third-order valence-corrected chi connectivity index (χ3v) is 5.07. The van der Waals surface area contributed by atoms with Crippen LogP contribution in [0.15, 0.2) is 18.2 Å². The number of nitrogens with zero attached hydrogens (tertiary/aromatic N) is 3. The van der Waals surface area contributed by atoms with Crippen LogP contribution in [0.25, 0.3) is 0 Å². The van der Waals surface area contributed by atoms with Crippen LogP contribution in [0.4, 0.5) is 5.69 Å². The molecule has 8 heteroatoms. The highest BCUT2D eigenvalue weighted by Crippen LogP contribution is 2.37. The Kier molecular flexibility index (Phi) is 4.96. The molecule has 2 aliphatic rings. The van der Waals surface area contributed by atoms with Crippen molar-refractivity contribution in [3.63, 3.8) is 0 Å². The van der Waals surface area contributed by atoms with Crippen molar-refractivity contribution in [3.8, 4) is 0 Å². The molecule has 0 spiro atoms. The summed E-state index contributed by atoms with van der Waals surface area (Å²) in [6.07, 6.45) is 0.941. The minimum Gasteiger partial charge on any atom is -0.342 e. The first-order valence-electron chi connectivity index (χ1n) is 7.73. The average molecular weight is 370 g/mol. The Labute approximate surface area is 149 Å². The zero-order chi connectivity index (χ0) is 17.3. The summed E-state index contributed by atoms with van der Waals surface area (Å²) < 4.78 is 0. The molecule has 2 saturated heterocycles. The number of carbonyl (C=O) groups is 3. The Morgan fingerprint density at radius 3 is 2.33 bits per heavy atom. The molecule has 128 valence electrons. The molecule has 3 amide bonds. The largest absolute Gasteiger partial charge is 0.342 e. The number of hydrogen-bond acceptors (Lipinski definition) is 3. The second-order valence-electron chi connectivity index (χ2n) is 5.94. The van der Waals surface area contributed by atoms with Crippen LogP contribution in [0.3, 0.4) is 0 Å². The van der Waals surface area contributed by atoms with Crippen molar-refractivity contribution in [2.45, 2.75) is 6.42 Å². The van der Waals surface area contributed by atoms with E-state index < -0.39 is 5.92 Å². The normalized spacial score (nSPS) is 21.3. The lowest BCUT2D eigenvalue weighted by Crippen LogP contribution is -2.50. The standard InChI is InChI=1S/C16H17Cl2N3O3/c17-12-2-1-3-13(18)15(12)21-9-11(8-14(21)23)16(24)20-6-4-19(10-22)5-7-20/h1-3,10-11H,4-9H2. The lowest BCUT2D eigenvalue weighted by atomic mass is 10.1. The highest BCUT2D eigenvalue weighted by atomic mass is 35.5. The summed E-state index contributed by atoms with van der Waals surface area (Å²) in [7, 11) is 0. The smallest absolute Gasteiger partial charge is 0.228 e. The van der Waals surface area contributed by atoms with Crippen molar-refractivity contribution in [1.29, 1.82) is 0 Å². The Bertz CT molecular complexity index is 654. The topological polar surface area (TPSA) is 60.9 Å². The van der Waals surface area contributed by atoms with Crippen molar-refractivity contribution in [2.24, 2.45) is 5.92 Å². The van der Waals surface area contributed by atoms with E-state index >= 15 is 0 Å². The highest BCUT2D eigenvalue weighted by molar-refractivity contribution is 6.40. The number of anilines is 1. The van der Waals surface area contributed by atoms with Crippen LogP contribution < -0.4 is 4.90 Å². The zero-order valence-corrected chi connectivity index (χ0v) is 14.5. The summed E-state index contributed by atoms with van der Waals surface area (Å²) in [5.74, 6) is -0.623. The van der Waals surface area contributed by atoms with Crippen molar-refractivity contribution >= 4 is 47.1 Å². The van der Waals surface area contributed by atoms with Crippen LogP contribution in [0.1, 0.15) is 6.42 Å². The summed E-state index contributed by atoms with van der Waals surface area (Å²) in [5.41, 5.74) is 0.465. The molecule has 0 radical (unpaired) electrons. The third-order valence-electron chi connectivity index (χ3n) is 4.46. The van der Waals surface area contributed by atoms with E-state index in [4.69, 9.17) is 23.2 Å². The Balaban J connectivity index is 1.71. The van der Waals surface area contributed by atoms with E-state index in [2.05, 4.69) is 0 Å². The van der Waals surface area contributed by atoms with Gasteiger partial charge in [0.05, 0.1) is 21.7 Å². The number of amides is 3. The van der Waals surface area contributed by atoms with Gasteiger partial charge in [0.1, 0.15) is 0 Å². The maximum atomic E-state index is 12.7. The molecule has 0 N–H and O–H groups in total. The first-order valence-corrected chi connectivity index (χ1v) is 8.49. The first-order chi connectivity index (χ1) is 11.5. The Hall–Kier alpha value is -1.79. The lowest BCUT2D eigenvalue weighted by Gasteiger charge is -2.34. The van der Waals surface area contributed by atoms with Gasteiger partial charge in [0.25, 0.3) is 0 Å². The van der Waals surface area contributed by atoms with Crippen molar-refractivity contribution in [3.05, 3.63) is 28.2 Å². The van der Waals surface area contributed by atoms with Gasteiger partial charge >= 0.3 is 0 Å². The zero-order valence-electron chi connectivity index (χ0n) is 13.0. The summed E-state index contributed by atoms with van der Waals surface area (Å²) in [6, 6.07) is 5.05. The molecule has 1 aromatic rings. The molecule has 0 aliphatic carbocycles. The second kappa shape index (κ2) is 6.99. The number of piperazine rings is 1. The molecule has 1 unspecified atom stereocenters. The molecular weight excluding hydrogens is 353 g/mol. The van der Waals surface area contributed by atoms with Gasteiger partial charge in [-0.2, -0.15) is 0 Å². The number of rotatable bonds is 3. The fourth-order valence-electron chi connectivity index (χ4n) is 3.14. The molecule has 0 aromatic heterocycles. The number of benzene rings is 1. The van der Waals surface area contributed by atoms with E-state index in [9.17, 15) is 14.4 Å². The SMILES string of the molecule is O=CN1CCN(C(=O)C2CC(=O)N(c3c(Cl)cccc3Cl)C2)CC1. The number of para-hydroxylation sites is 1. The van der Waals surface area contributed by atoms with E-state index in [0.29, 0.717) is 41.9 Å². The second-order valence-corrected chi connectivity index (χ2v) is 6.76. The van der Waals surface area contributed by atoms with Crippen LogP contribution in [0.2, 0.25) is 10.0 Å². The average Bonchev–Trinajstić information content (AvgIpc) is 2.96. The van der Waals surface area contributed by atoms with Crippen LogP contribution >= 0.6 is 23.2 Å². The predicted octanol–water partition coefficient (Wildman–Crippen LogP) is 1.65. The van der Waals surface area contributed by atoms with Gasteiger partial charge in [-0.15, -0.1) is 0 Å². The lowest BCUT2D eigenvalue weighted by molar-refractivity contribution is -0.139. The van der Waals surface area contributed by atoms with Crippen molar-refractivity contribution < 1.29 is 14.4 Å². The summed E-state index contributed by atoms with van der Waals surface area (Å²) in [4.78, 5) is 40.6. The molecule has 3 rings (SSSR count). The van der Waals surface area contributed by atoms with Crippen molar-refractivity contribution in [2.75, 3.05) is 37.6 Å². The van der Waals surface area contributed by atoms with Gasteiger partial charge in [-0.25, -0.2) is 0 Å². The summed E-state index contributed by atoms with van der Waals surface area (Å²) in [6.45, 7) is 2.31. The molecule has 1 atom stereocenters. The summed E-state index contributed by atoms with van der Waals surface area (Å²) in [5, 5.41) is 0.784. The Morgan fingerprint density at radius 1 is 1.12 bits per heavy atom. The molecule has 1 aromatic carbocycles. The molecular formula is C16H17Cl2N3O3. The van der Waals surface area contributed by atoms with Crippen LogP contribution in [-0.4, -0.2) is 60.7 Å². The number of halogens is 2. The van der Waals surface area contributed by atoms with E-state index in [0.717, 1.165) is 6.41 Å². The van der Waals surface area contributed by atoms with E-state index in [1.54, 1.807) is 28.0 Å². The van der Waals surface area contributed by atoms with Gasteiger partial charge < -0.3 is 14.7 Å². The molecule has 2 fully saturated rings. The minimum atomic E-state index is -0.410. The predicted molar refractivity (Wildman–Crippen MR) is 91.1 cm³/mol.